The molecule has 2 atom stereocenters. The van der Waals surface area contributed by atoms with Crippen LogP contribution < -0.4 is 5.32 Å². The highest BCUT2D eigenvalue weighted by Gasteiger charge is 2.55. The van der Waals surface area contributed by atoms with Crippen LogP contribution in [0.5, 0.6) is 0 Å². The van der Waals surface area contributed by atoms with Gasteiger partial charge in [0.25, 0.3) is 5.91 Å². The number of nitrogens with zero attached hydrogens (tertiary/aromatic N) is 2. The molecule has 1 aromatic heterocycles. The Kier molecular flexibility index (Phi) is 4.45. The molecule has 2 amide bonds. The van der Waals surface area contributed by atoms with Gasteiger partial charge in [0.1, 0.15) is 5.92 Å². The molecule has 1 saturated carbocycles. The first kappa shape index (κ1) is 18.6. The molecule has 0 bridgehead atoms. The number of rotatable bonds is 5. The van der Waals surface area contributed by atoms with E-state index in [2.05, 4.69) is 10.3 Å². The number of carbonyl (C=O) groups excluding carboxylic acids is 2. The molecule has 7 nitrogen and oxygen atoms in total. The zero-order chi connectivity index (χ0) is 20.1. The predicted octanol–water partition coefficient (Wildman–Crippen LogP) is 2.34. The first-order valence-corrected chi connectivity index (χ1v) is 10.0. The molecule has 1 fully saturated rings. The van der Waals surface area contributed by atoms with Crippen LogP contribution in [-0.2, 0) is 9.59 Å². The molecule has 146 valence electrons. The van der Waals surface area contributed by atoms with Crippen LogP contribution in [0, 0.1) is 12.3 Å². The minimum absolute atomic E-state index is 0.112. The molecular formula is C20H21N3O4S. The Morgan fingerprint density at radius 2 is 2.07 bits per heavy atom. The van der Waals surface area contributed by atoms with Crippen molar-refractivity contribution in [3.63, 3.8) is 0 Å². The van der Waals surface area contributed by atoms with Gasteiger partial charge in [-0.05, 0) is 31.4 Å². The molecule has 0 spiro atoms. The second-order valence-corrected chi connectivity index (χ2v) is 8.49. The lowest BCUT2D eigenvalue weighted by atomic mass is 9.81. The molecule has 1 aromatic carbocycles. The highest BCUT2D eigenvalue weighted by molar-refractivity contribution is 7.09. The number of benzene rings is 1. The molecule has 4 rings (SSSR count). The lowest BCUT2D eigenvalue weighted by Gasteiger charge is -2.41. The van der Waals surface area contributed by atoms with Crippen molar-refractivity contribution < 1.29 is 19.5 Å². The molecule has 2 N–H and O–H groups in total. The fraction of sp³-hybridized carbons (Fsp3) is 0.400. The van der Waals surface area contributed by atoms with Crippen molar-refractivity contribution in [3.05, 3.63) is 51.5 Å². The maximum absolute atomic E-state index is 13.4. The standard InChI is InChI=1S/C20H21N3O4S/c1-11-22-14(9-28-11)16-15(18(25)26)12-5-3-4-6-13(12)17(24)23(16)10-20(7-8-20)19(27)21-2/h3-6,9,15-16H,7-8,10H2,1-2H3,(H,21,27)(H,25,26). The van der Waals surface area contributed by atoms with Gasteiger partial charge in [-0.1, -0.05) is 18.2 Å². The molecule has 2 heterocycles. The van der Waals surface area contributed by atoms with Crippen LogP contribution in [-0.4, -0.2) is 46.4 Å². The van der Waals surface area contributed by atoms with Crippen molar-refractivity contribution in [2.24, 2.45) is 5.41 Å². The lowest BCUT2D eigenvalue weighted by molar-refractivity contribution is -0.140. The normalized spacial score (nSPS) is 22.5. The van der Waals surface area contributed by atoms with Crippen molar-refractivity contribution in [1.29, 1.82) is 0 Å². The zero-order valence-electron chi connectivity index (χ0n) is 15.6. The summed E-state index contributed by atoms with van der Waals surface area (Å²) < 4.78 is 0. The number of aliphatic carboxylic acids is 1. The molecule has 0 radical (unpaired) electrons. The second kappa shape index (κ2) is 6.70. The van der Waals surface area contributed by atoms with Gasteiger partial charge in [0.15, 0.2) is 0 Å². The fourth-order valence-corrected chi connectivity index (χ4v) is 4.72. The van der Waals surface area contributed by atoms with E-state index >= 15 is 0 Å². The first-order chi connectivity index (χ1) is 13.4. The van der Waals surface area contributed by atoms with Gasteiger partial charge in [-0.25, -0.2) is 4.98 Å². The Morgan fingerprint density at radius 3 is 2.64 bits per heavy atom. The van der Waals surface area contributed by atoms with Crippen molar-refractivity contribution in [2.45, 2.75) is 31.7 Å². The summed E-state index contributed by atoms with van der Waals surface area (Å²) in [5, 5.41) is 15.3. The number of hydrogen-bond acceptors (Lipinski definition) is 5. The van der Waals surface area contributed by atoms with Gasteiger partial charge in [0.2, 0.25) is 5.91 Å². The molecular weight excluding hydrogens is 378 g/mol. The number of carboxylic acid groups (broad SMARTS) is 1. The smallest absolute Gasteiger partial charge is 0.313 e. The minimum Gasteiger partial charge on any atom is -0.481 e. The summed E-state index contributed by atoms with van der Waals surface area (Å²) in [5.41, 5.74) is 0.788. The summed E-state index contributed by atoms with van der Waals surface area (Å²) in [6.45, 7) is 2.03. The molecule has 1 aliphatic carbocycles. The van der Waals surface area contributed by atoms with Crippen LogP contribution in [0.25, 0.3) is 0 Å². The number of aromatic nitrogens is 1. The number of nitrogens with one attached hydrogen (secondary N) is 1. The maximum Gasteiger partial charge on any atom is 0.313 e. The van der Waals surface area contributed by atoms with Crippen LogP contribution >= 0.6 is 11.3 Å². The second-order valence-electron chi connectivity index (χ2n) is 7.43. The summed E-state index contributed by atoms with van der Waals surface area (Å²) in [6.07, 6.45) is 1.36. The van der Waals surface area contributed by atoms with Gasteiger partial charge in [-0.2, -0.15) is 0 Å². The third kappa shape index (κ3) is 2.88. The highest BCUT2D eigenvalue weighted by atomic mass is 32.1. The lowest BCUT2D eigenvalue weighted by Crippen LogP contribution is -2.49. The van der Waals surface area contributed by atoms with Crippen LogP contribution in [0.3, 0.4) is 0 Å². The SMILES string of the molecule is CNC(=O)C1(CN2C(=O)c3ccccc3C(C(=O)O)C2c2csc(C)n2)CC1. The highest BCUT2D eigenvalue weighted by Crippen LogP contribution is 2.51. The zero-order valence-corrected chi connectivity index (χ0v) is 16.5. The van der Waals surface area contributed by atoms with Gasteiger partial charge < -0.3 is 15.3 Å². The number of carbonyl (C=O) groups is 3. The van der Waals surface area contributed by atoms with Gasteiger partial charge in [0, 0.05) is 24.5 Å². The van der Waals surface area contributed by atoms with E-state index in [1.165, 1.54) is 11.3 Å². The summed E-state index contributed by atoms with van der Waals surface area (Å²) in [6, 6.07) is 6.08. The number of thiazole rings is 1. The number of aryl methyl sites for hydroxylation is 1. The fourth-order valence-electron chi connectivity index (χ4n) is 4.08. The molecule has 28 heavy (non-hydrogen) atoms. The Bertz CT molecular complexity index is 966. The predicted molar refractivity (Wildman–Crippen MR) is 103 cm³/mol. The van der Waals surface area contributed by atoms with E-state index in [1.807, 2.05) is 12.3 Å². The van der Waals surface area contributed by atoms with Crippen molar-refractivity contribution in [3.8, 4) is 0 Å². The molecule has 8 heteroatoms. The third-order valence-electron chi connectivity index (χ3n) is 5.68. The first-order valence-electron chi connectivity index (χ1n) is 9.15. The molecule has 2 aromatic rings. The Morgan fingerprint density at radius 1 is 1.36 bits per heavy atom. The van der Waals surface area contributed by atoms with Crippen molar-refractivity contribution in [1.82, 2.24) is 15.2 Å². The monoisotopic (exact) mass is 399 g/mol. The van der Waals surface area contributed by atoms with E-state index in [9.17, 15) is 19.5 Å². The minimum atomic E-state index is -1.01. The number of carboxylic acids is 1. The average Bonchev–Trinajstić information content (AvgIpc) is 3.35. The van der Waals surface area contributed by atoms with Gasteiger partial charge in [-0.3, -0.25) is 14.4 Å². The van der Waals surface area contributed by atoms with E-state index in [1.54, 1.807) is 36.2 Å². The van der Waals surface area contributed by atoms with E-state index in [4.69, 9.17) is 0 Å². The largest absolute Gasteiger partial charge is 0.481 e. The van der Waals surface area contributed by atoms with Gasteiger partial charge in [-0.15, -0.1) is 11.3 Å². The van der Waals surface area contributed by atoms with E-state index in [0.29, 0.717) is 29.7 Å². The number of hydrogen-bond donors (Lipinski definition) is 2. The van der Waals surface area contributed by atoms with Crippen LogP contribution in [0.1, 0.15) is 51.4 Å². The molecule has 1 aliphatic heterocycles. The number of fused-ring (bicyclic) bond motifs is 1. The third-order valence-corrected chi connectivity index (χ3v) is 6.47. The topological polar surface area (TPSA) is 99.6 Å². The summed E-state index contributed by atoms with van der Waals surface area (Å²) in [4.78, 5) is 44.1. The summed E-state index contributed by atoms with van der Waals surface area (Å²) in [7, 11) is 1.58. The van der Waals surface area contributed by atoms with Crippen molar-refractivity contribution in [2.75, 3.05) is 13.6 Å². The molecule has 2 unspecified atom stereocenters. The van der Waals surface area contributed by atoms with E-state index in [0.717, 1.165) is 5.01 Å². The average molecular weight is 399 g/mol. The summed E-state index contributed by atoms with van der Waals surface area (Å²) in [5.74, 6) is -2.31. The van der Waals surface area contributed by atoms with E-state index < -0.39 is 23.3 Å². The van der Waals surface area contributed by atoms with Gasteiger partial charge >= 0.3 is 5.97 Å². The van der Waals surface area contributed by atoms with Crippen molar-refractivity contribution >= 4 is 29.1 Å². The molecule has 0 saturated heterocycles. The summed E-state index contributed by atoms with van der Waals surface area (Å²) >= 11 is 1.42. The quantitative estimate of drug-likeness (QED) is 0.804. The van der Waals surface area contributed by atoms with Crippen LogP contribution in [0.15, 0.2) is 29.6 Å². The van der Waals surface area contributed by atoms with Crippen LogP contribution in [0.4, 0.5) is 0 Å². The molecule has 2 aliphatic rings. The maximum atomic E-state index is 13.4. The van der Waals surface area contributed by atoms with E-state index in [-0.39, 0.29) is 18.4 Å². The van der Waals surface area contributed by atoms with Gasteiger partial charge in [0.05, 0.1) is 22.2 Å². The Labute approximate surface area is 166 Å². The van der Waals surface area contributed by atoms with Crippen LogP contribution in [0.2, 0.25) is 0 Å². The number of amides is 2. The Hall–Kier alpha value is -2.74. The Balaban J connectivity index is 1.85.